The monoisotopic (exact) mass is 857 g/mol. The highest BCUT2D eigenvalue weighted by atomic mass is 16.3. The molecule has 0 bridgehead atoms. The van der Waals surface area contributed by atoms with E-state index in [2.05, 4.69) is 238 Å². The van der Waals surface area contributed by atoms with Gasteiger partial charge in [-0.3, -0.25) is 4.40 Å². The number of aromatic nitrogens is 2. The molecule has 10 aromatic carbocycles. The van der Waals surface area contributed by atoms with E-state index >= 15 is 0 Å². The topological polar surface area (TPSA) is 38.9 Å². The number of oxazole rings is 1. The van der Waals surface area contributed by atoms with Crippen molar-refractivity contribution in [3.05, 3.63) is 237 Å². The predicted molar refractivity (Wildman–Crippen MR) is 277 cm³/mol. The number of fused-ring (bicyclic) bond motifs is 11. The molecule has 0 unspecified atom stereocenters. The molecule has 5 nitrogen and oxygen atoms in total. The first-order valence-corrected chi connectivity index (χ1v) is 22.7. The van der Waals surface area contributed by atoms with Gasteiger partial charge in [-0.05, 0) is 119 Å². The number of para-hydroxylation sites is 6. The summed E-state index contributed by atoms with van der Waals surface area (Å²) in [7, 11) is 0. The maximum absolute atomic E-state index is 7.03. The maximum Gasteiger partial charge on any atom is 0.213 e. The lowest BCUT2D eigenvalue weighted by atomic mass is 10.0. The molecular weight excluding hydrogens is 819 g/mol. The van der Waals surface area contributed by atoms with E-state index in [0.29, 0.717) is 0 Å². The summed E-state index contributed by atoms with van der Waals surface area (Å²) in [5, 5.41) is 5.85. The Balaban J connectivity index is 0.834. The molecule has 0 saturated carbocycles. The summed E-state index contributed by atoms with van der Waals surface area (Å²) in [6.07, 6.45) is 0. The molecule has 0 saturated heterocycles. The molecule has 314 valence electrons. The van der Waals surface area contributed by atoms with Crippen LogP contribution in [0.2, 0.25) is 0 Å². The van der Waals surface area contributed by atoms with E-state index in [1.54, 1.807) is 0 Å². The fraction of sp³-hybridized carbons (Fsp3) is 0. The van der Waals surface area contributed by atoms with Gasteiger partial charge in [0.2, 0.25) is 5.71 Å². The highest BCUT2D eigenvalue weighted by molar-refractivity contribution is 6.12. The summed E-state index contributed by atoms with van der Waals surface area (Å²) >= 11 is 0. The first-order valence-electron chi connectivity index (χ1n) is 22.7. The van der Waals surface area contributed by atoms with Gasteiger partial charge in [-0.25, -0.2) is 0 Å². The van der Waals surface area contributed by atoms with Crippen LogP contribution in [0.3, 0.4) is 0 Å². The third kappa shape index (κ3) is 5.81. The minimum absolute atomic E-state index is 0.813. The molecule has 4 aromatic heterocycles. The lowest BCUT2D eigenvalue weighted by molar-refractivity contribution is 0.659. The Kier molecular flexibility index (Phi) is 8.21. The van der Waals surface area contributed by atoms with Gasteiger partial charge >= 0.3 is 0 Å². The van der Waals surface area contributed by atoms with Crippen LogP contribution in [0.15, 0.2) is 245 Å². The molecule has 0 spiro atoms. The molecule has 0 amide bonds. The van der Waals surface area contributed by atoms with Crippen LogP contribution in [0, 0.1) is 0 Å². The lowest BCUT2D eigenvalue weighted by Gasteiger charge is -2.26. The first kappa shape index (κ1) is 37.3. The zero-order chi connectivity index (χ0) is 44.0. The van der Waals surface area contributed by atoms with Crippen LogP contribution in [0.25, 0.3) is 111 Å². The van der Waals surface area contributed by atoms with Crippen molar-refractivity contribution in [3.8, 4) is 39.1 Å². The van der Waals surface area contributed by atoms with Crippen molar-refractivity contribution in [3.63, 3.8) is 0 Å². The van der Waals surface area contributed by atoms with Crippen LogP contribution in [0.5, 0.6) is 0 Å². The molecule has 0 aliphatic rings. The normalized spacial score (nSPS) is 11.9. The van der Waals surface area contributed by atoms with Gasteiger partial charge < -0.3 is 18.3 Å². The molecule has 4 heterocycles. The summed E-state index contributed by atoms with van der Waals surface area (Å²) in [6.45, 7) is 0. The summed E-state index contributed by atoms with van der Waals surface area (Å²) < 4.78 is 18.0. The molecular formula is C62H39N3O2. The Morgan fingerprint density at radius 2 is 0.910 bits per heavy atom. The van der Waals surface area contributed by atoms with Crippen molar-refractivity contribution < 1.29 is 8.83 Å². The summed E-state index contributed by atoms with van der Waals surface area (Å²) in [5.41, 5.74) is 18.9. The highest BCUT2D eigenvalue weighted by Crippen LogP contribution is 2.44. The molecule has 0 N–H and O–H groups in total. The van der Waals surface area contributed by atoms with E-state index in [4.69, 9.17) is 8.83 Å². The van der Waals surface area contributed by atoms with Gasteiger partial charge in [-0.1, -0.05) is 140 Å². The molecule has 14 aromatic rings. The van der Waals surface area contributed by atoms with Crippen molar-refractivity contribution in [2.45, 2.75) is 0 Å². The number of nitrogens with zero attached hydrogens (tertiary/aromatic N) is 3. The van der Waals surface area contributed by atoms with Crippen molar-refractivity contribution in [2.75, 3.05) is 4.90 Å². The Labute approximate surface area is 385 Å². The van der Waals surface area contributed by atoms with Crippen LogP contribution in [0.1, 0.15) is 0 Å². The van der Waals surface area contributed by atoms with E-state index in [1.165, 1.54) is 32.9 Å². The predicted octanol–water partition coefficient (Wildman–Crippen LogP) is 17.3. The molecule has 0 fully saturated rings. The molecule has 0 aliphatic carbocycles. The largest absolute Gasteiger partial charge is 0.456 e. The van der Waals surface area contributed by atoms with Crippen LogP contribution in [-0.4, -0.2) is 8.97 Å². The quantitative estimate of drug-likeness (QED) is 0.160. The van der Waals surface area contributed by atoms with E-state index in [0.717, 1.165) is 94.7 Å². The van der Waals surface area contributed by atoms with Crippen molar-refractivity contribution in [1.82, 2.24) is 8.97 Å². The van der Waals surface area contributed by atoms with Crippen LogP contribution >= 0.6 is 0 Å². The minimum atomic E-state index is 0.813. The summed E-state index contributed by atoms with van der Waals surface area (Å²) in [6, 6.07) is 84.3. The molecule has 14 rings (SSSR count). The fourth-order valence-corrected chi connectivity index (χ4v) is 10.5. The zero-order valence-electron chi connectivity index (χ0n) is 36.2. The second-order valence-corrected chi connectivity index (χ2v) is 17.3. The number of hydrogen-bond acceptors (Lipinski definition) is 3. The second-order valence-electron chi connectivity index (χ2n) is 17.3. The molecule has 0 aliphatic heterocycles. The first-order chi connectivity index (χ1) is 33.2. The maximum atomic E-state index is 7.03. The van der Waals surface area contributed by atoms with Gasteiger partial charge in [-0.15, -0.1) is 0 Å². The molecule has 67 heavy (non-hydrogen) atoms. The van der Waals surface area contributed by atoms with Crippen molar-refractivity contribution >= 4 is 88.5 Å². The number of benzene rings is 10. The summed E-state index contributed by atoms with van der Waals surface area (Å²) in [5.74, 6) is 0. The minimum Gasteiger partial charge on any atom is -0.456 e. The number of anilines is 3. The van der Waals surface area contributed by atoms with Crippen LogP contribution in [-0.2, 0) is 0 Å². The van der Waals surface area contributed by atoms with E-state index in [9.17, 15) is 0 Å². The lowest BCUT2D eigenvalue weighted by Crippen LogP contribution is -2.09. The number of furan rings is 1. The van der Waals surface area contributed by atoms with E-state index < -0.39 is 0 Å². The average molecular weight is 858 g/mol. The Morgan fingerprint density at radius 3 is 1.70 bits per heavy atom. The second kappa shape index (κ2) is 14.7. The van der Waals surface area contributed by atoms with E-state index in [-0.39, 0.29) is 0 Å². The number of rotatable bonds is 7. The van der Waals surface area contributed by atoms with E-state index in [1.807, 2.05) is 12.1 Å². The van der Waals surface area contributed by atoms with Crippen molar-refractivity contribution in [1.29, 1.82) is 0 Å². The summed E-state index contributed by atoms with van der Waals surface area (Å²) in [4.78, 5) is 2.32. The zero-order valence-corrected chi connectivity index (χ0v) is 36.2. The molecule has 0 atom stereocenters. The number of hydrogen-bond donors (Lipinski definition) is 0. The average Bonchev–Trinajstić information content (AvgIpc) is 4.14. The Bertz CT molecular complexity index is 4190. The smallest absolute Gasteiger partial charge is 0.213 e. The molecule has 5 heteroatoms. The van der Waals surface area contributed by atoms with Crippen molar-refractivity contribution in [2.24, 2.45) is 0 Å². The Morgan fingerprint density at radius 1 is 0.328 bits per heavy atom. The van der Waals surface area contributed by atoms with Gasteiger partial charge in [0.05, 0.1) is 27.6 Å². The fourth-order valence-electron chi connectivity index (χ4n) is 10.5. The Hall–Kier alpha value is -9.06. The van der Waals surface area contributed by atoms with Gasteiger partial charge in [0.25, 0.3) is 0 Å². The van der Waals surface area contributed by atoms with Gasteiger partial charge in [0.15, 0.2) is 5.58 Å². The van der Waals surface area contributed by atoms with Gasteiger partial charge in [-0.2, -0.15) is 0 Å². The SMILES string of the molecule is c1ccc(N(c2ccc(-c3ccc4c(c3)c3ccccc3n4-c3ccccc3)cc2)c2ccc(-c3cccc4c3oc3c(-c5ccc6c(c5)oc5ccccc56)c5ccccc5n34)cc2)cc1. The molecule has 0 radical (unpaired) electrons. The third-order valence-corrected chi connectivity index (χ3v) is 13.5. The third-order valence-electron chi connectivity index (χ3n) is 13.5. The highest BCUT2D eigenvalue weighted by Gasteiger charge is 2.23. The van der Waals surface area contributed by atoms with Crippen LogP contribution in [0.4, 0.5) is 17.1 Å². The van der Waals surface area contributed by atoms with Gasteiger partial charge in [0, 0.05) is 55.2 Å². The van der Waals surface area contributed by atoms with Crippen LogP contribution < -0.4 is 4.90 Å². The van der Waals surface area contributed by atoms with Gasteiger partial charge in [0.1, 0.15) is 11.2 Å². The standard InChI is InChI=1S/C62H39N3O2/c1-3-14-44(15-4-1)63(46-32-26-40(27-33-46)42-31-37-56-53(38-42)49-18-7-10-22-54(49)64(56)45-16-5-2-6-17-45)47-34-28-41(29-35-47)48-21-13-24-57-61(48)67-62-60(52-20-8-11-23-55(52)65(57)62)43-30-36-51-50-19-9-12-25-58(50)66-59(51)39-43/h1-39H.